The van der Waals surface area contributed by atoms with Crippen molar-refractivity contribution in [1.29, 1.82) is 0 Å². The van der Waals surface area contributed by atoms with E-state index >= 15 is 0 Å². The standard InChI is InChI=1S/C17H18ClNO2/c1-12(14-6-8-16(18)9-7-14)19(2)11-13-4-3-5-15(10-13)17(20)21/h3-10,12H,11H2,1-2H3,(H,20,21). The van der Waals surface area contributed by atoms with Gasteiger partial charge >= 0.3 is 5.97 Å². The van der Waals surface area contributed by atoms with Crippen molar-refractivity contribution in [2.24, 2.45) is 0 Å². The smallest absolute Gasteiger partial charge is 0.335 e. The van der Waals surface area contributed by atoms with Gasteiger partial charge in [-0.25, -0.2) is 4.79 Å². The van der Waals surface area contributed by atoms with Crippen molar-refractivity contribution < 1.29 is 9.90 Å². The first-order chi connectivity index (χ1) is 9.97. The highest BCUT2D eigenvalue weighted by Crippen LogP contribution is 2.22. The number of halogens is 1. The van der Waals surface area contributed by atoms with E-state index in [9.17, 15) is 4.79 Å². The molecule has 0 aromatic heterocycles. The summed E-state index contributed by atoms with van der Waals surface area (Å²) in [6.45, 7) is 2.80. The summed E-state index contributed by atoms with van der Waals surface area (Å²) in [4.78, 5) is 13.2. The van der Waals surface area contributed by atoms with Crippen LogP contribution in [-0.2, 0) is 6.54 Å². The molecule has 0 spiro atoms. The van der Waals surface area contributed by atoms with Gasteiger partial charge in [-0.2, -0.15) is 0 Å². The second-order valence-electron chi connectivity index (χ2n) is 5.15. The van der Waals surface area contributed by atoms with Gasteiger partial charge in [0.25, 0.3) is 0 Å². The number of carbonyl (C=O) groups is 1. The molecule has 1 unspecified atom stereocenters. The molecule has 0 saturated carbocycles. The predicted octanol–water partition coefficient (Wildman–Crippen LogP) is 4.23. The Morgan fingerprint density at radius 2 is 1.90 bits per heavy atom. The summed E-state index contributed by atoms with van der Waals surface area (Å²) in [7, 11) is 2.02. The van der Waals surface area contributed by atoms with Crippen LogP contribution >= 0.6 is 11.6 Å². The van der Waals surface area contributed by atoms with E-state index in [1.807, 2.05) is 37.4 Å². The lowest BCUT2D eigenvalue weighted by Crippen LogP contribution is -2.22. The van der Waals surface area contributed by atoms with Crippen LogP contribution in [0.25, 0.3) is 0 Å². The van der Waals surface area contributed by atoms with E-state index in [1.165, 1.54) is 5.56 Å². The average Bonchev–Trinajstić information content (AvgIpc) is 2.47. The fraction of sp³-hybridized carbons (Fsp3) is 0.235. The summed E-state index contributed by atoms with van der Waals surface area (Å²) in [5.74, 6) is -0.898. The number of carboxylic acid groups (broad SMARTS) is 1. The number of rotatable bonds is 5. The van der Waals surface area contributed by atoms with E-state index in [1.54, 1.807) is 18.2 Å². The lowest BCUT2D eigenvalue weighted by molar-refractivity contribution is 0.0696. The Morgan fingerprint density at radius 3 is 2.52 bits per heavy atom. The van der Waals surface area contributed by atoms with Crippen molar-refractivity contribution in [3.8, 4) is 0 Å². The summed E-state index contributed by atoms with van der Waals surface area (Å²) in [5, 5.41) is 9.76. The number of aromatic carboxylic acids is 1. The van der Waals surface area contributed by atoms with Crippen LogP contribution in [0, 0.1) is 0 Å². The van der Waals surface area contributed by atoms with E-state index < -0.39 is 5.97 Å². The molecule has 2 aromatic rings. The summed E-state index contributed by atoms with van der Waals surface area (Å²) in [6, 6.07) is 15.0. The topological polar surface area (TPSA) is 40.5 Å². The molecule has 2 aromatic carbocycles. The van der Waals surface area contributed by atoms with Crippen molar-refractivity contribution in [2.75, 3.05) is 7.05 Å². The summed E-state index contributed by atoms with van der Waals surface area (Å²) >= 11 is 5.90. The molecule has 0 radical (unpaired) electrons. The Labute approximate surface area is 129 Å². The van der Waals surface area contributed by atoms with Crippen LogP contribution in [0.4, 0.5) is 0 Å². The third-order valence-corrected chi connectivity index (χ3v) is 3.87. The quantitative estimate of drug-likeness (QED) is 0.898. The van der Waals surface area contributed by atoms with Crippen LogP contribution in [0.5, 0.6) is 0 Å². The summed E-state index contributed by atoms with van der Waals surface area (Å²) < 4.78 is 0. The molecule has 1 atom stereocenters. The van der Waals surface area contributed by atoms with Gasteiger partial charge < -0.3 is 5.11 Å². The highest BCUT2D eigenvalue weighted by molar-refractivity contribution is 6.30. The van der Waals surface area contributed by atoms with E-state index in [-0.39, 0.29) is 6.04 Å². The normalized spacial score (nSPS) is 12.4. The van der Waals surface area contributed by atoms with Gasteiger partial charge in [-0.3, -0.25) is 4.90 Å². The van der Waals surface area contributed by atoms with Gasteiger partial charge in [0, 0.05) is 17.6 Å². The molecule has 0 amide bonds. The largest absolute Gasteiger partial charge is 0.478 e. The molecule has 3 nitrogen and oxygen atoms in total. The molecule has 1 N–H and O–H groups in total. The zero-order chi connectivity index (χ0) is 15.4. The lowest BCUT2D eigenvalue weighted by atomic mass is 10.1. The number of hydrogen-bond acceptors (Lipinski definition) is 2. The highest BCUT2D eigenvalue weighted by Gasteiger charge is 2.12. The van der Waals surface area contributed by atoms with Gasteiger partial charge in [0.2, 0.25) is 0 Å². The molecule has 21 heavy (non-hydrogen) atoms. The lowest BCUT2D eigenvalue weighted by Gasteiger charge is -2.25. The van der Waals surface area contributed by atoms with E-state index in [0.29, 0.717) is 12.1 Å². The summed E-state index contributed by atoms with van der Waals surface area (Å²) in [5.41, 5.74) is 2.48. The number of carboxylic acids is 1. The maximum atomic E-state index is 11.0. The first kappa shape index (κ1) is 15.5. The predicted molar refractivity (Wildman–Crippen MR) is 84.7 cm³/mol. The molecule has 0 heterocycles. The maximum absolute atomic E-state index is 11.0. The van der Waals surface area contributed by atoms with E-state index in [2.05, 4.69) is 11.8 Å². The fourth-order valence-corrected chi connectivity index (χ4v) is 2.35. The van der Waals surface area contributed by atoms with Gasteiger partial charge in [0.1, 0.15) is 0 Å². The number of hydrogen-bond donors (Lipinski definition) is 1. The fourth-order valence-electron chi connectivity index (χ4n) is 2.22. The molecule has 0 aliphatic heterocycles. The van der Waals surface area contributed by atoms with Crippen LogP contribution in [-0.4, -0.2) is 23.0 Å². The minimum absolute atomic E-state index is 0.218. The SMILES string of the molecule is CC(c1ccc(Cl)cc1)N(C)Cc1cccc(C(=O)O)c1. The number of nitrogens with zero attached hydrogens (tertiary/aromatic N) is 1. The van der Waals surface area contributed by atoms with Crippen LogP contribution in [0.1, 0.15) is 34.5 Å². The Morgan fingerprint density at radius 1 is 1.24 bits per heavy atom. The molecular weight excluding hydrogens is 286 g/mol. The van der Waals surface area contributed by atoms with Gasteiger partial charge in [-0.1, -0.05) is 35.9 Å². The number of benzene rings is 2. The second-order valence-corrected chi connectivity index (χ2v) is 5.58. The highest BCUT2D eigenvalue weighted by atomic mass is 35.5. The van der Waals surface area contributed by atoms with Crippen LogP contribution in [0.2, 0.25) is 5.02 Å². The van der Waals surface area contributed by atoms with Gasteiger partial charge in [-0.15, -0.1) is 0 Å². The van der Waals surface area contributed by atoms with Crippen molar-refractivity contribution >= 4 is 17.6 Å². The van der Waals surface area contributed by atoms with Crippen molar-refractivity contribution in [3.05, 3.63) is 70.2 Å². The molecule has 2 rings (SSSR count). The van der Waals surface area contributed by atoms with Crippen LogP contribution in [0.3, 0.4) is 0 Å². The van der Waals surface area contributed by atoms with Crippen LogP contribution in [0.15, 0.2) is 48.5 Å². The monoisotopic (exact) mass is 303 g/mol. The average molecular weight is 304 g/mol. The van der Waals surface area contributed by atoms with Gasteiger partial charge in [0.15, 0.2) is 0 Å². The molecule has 0 aliphatic rings. The van der Waals surface area contributed by atoms with Gasteiger partial charge in [-0.05, 0) is 49.4 Å². The minimum atomic E-state index is -0.898. The first-order valence-electron chi connectivity index (χ1n) is 6.75. The third-order valence-electron chi connectivity index (χ3n) is 3.62. The Kier molecular flexibility index (Phi) is 4.99. The molecule has 110 valence electrons. The minimum Gasteiger partial charge on any atom is -0.478 e. The Balaban J connectivity index is 2.10. The molecule has 0 saturated heterocycles. The zero-order valence-corrected chi connectivity index (χ0v) is 12.8. The molecule has 0 aliphatic carbocycles. The third kappa shape index (κ3) is 4.06. The Bertz CT molecular complexity index is 625. The molecule has 0 bridgehead atoms. The maximum Gasteiger partial charge on any atom is 0.335 e. The van der Waals surface area contributed by atoms with Crippen molar-refractivity contribution in [1.82, 2.24) is 4.90 Å². The van der Waals surface area contributed by atoms with Crippen molar-refractivity contribution in [3.63, 3.8) is 0 Å². The second kappa shape index (κ2) is 6.74. The molecular formula is C17H18ClNO2. The summed E-state index contributed by atoms with van der Waals surface area (Å²) in [6.07, 6.45) is 0. The first-order valence-corrected chi connectivity index (χ1v) is 7.13. The molecule has 4 heteroatoms. The van der Waals surface area contributed by atoms with Gasteiger partial charge in [0.05, 0.1) is 5.56 Å². The molecule has 0 fully saturated rings. The van der Waals surface area contributed by atoms with E-state index in [4.69, 9.17) is 16.7 Å². The Hall–Kier alpha value is -1.84. The van der Waals surface area contributed by atoms with Crippen LogP contribution < -0.4 is 0 Å². The van der Waals surface area contributed by atoms with E-state index in [0.717, 1.165) is 10.6 Å². The zero-order valence-electron chi connectivity index (χ0n) is 12.1. The van der Waals surface area contributed by atoms with Crippen molar-refractivity contribution in [2.45, 2.75) is 19.5 Å².